The highest BCUT2D eigenvalue weighted by molar-refractivity contribution is 7.98. The Balaban J connectivity index is 1.91. The maximum atomic E-state index is 12.5. The summed E-state index contributed by atoms with van der Waals surface area (Å²) in [5, 5.41) is 11.3. The Morgan fingerprint density at radius 3 is 3.00 bits per heavy atom. The van der Waals surface area contributed by atoms with E-state index in [1.807, 2.05) is 35.1 Å². The Bertz CT molecular complexity index is 904. The predicted octanol–water partition coefficient (Wildman–Crippen LogP) is 1.64. The first-order valence-electron chi connectivity index (χ1n) is 7.48. The van der Waals surface area contributed by atoms with Crippen LogP contribution in [0.4, 0.5) is 0 Å². The van der Waals surface area contributed by atoms with E-state index in [1.54, 1.807) is 17.8 Å². The fraction of sp³-hybridized carbons (Fsp3) is 0.250. The molecule has 1 amide bonds. The van der Waals surface area contributed by atoms with E-state index in [9.17, 15) is 9.59 Å². The van der Waals surface area contributed by atoms with E-state index in [1.165, 1.54) is 12.3 Å². The number of amides is 1. The molecule has 0 saturated heterocycles. The van der Waals surface area contributed by atoms with Gasteiger partial charge in [0.2, 0.25) is 0 Å². The molecule has 1 atom stereocenters. The van der Waals surface area contributed by atoms with Crippen LogP contribution in [0.2, 0.25) is 0 Å². The number of fused-ring (bicyclic) bond motifs is 1. The first-order valence-corrected chi connectivity index (χ1v) is 8.87. The van der Waals surface area contributed by atoms with Crippen molar-refractivity contribution >= 4 is 23.3 Å². The molecule has 3 aromatic heterocycles. The van der Waals surface area contributed by atoms with Crippen molar-refractivity contribution in [3.63, 3.8) is 0 Å². The van der Waals surface area contributed by atoms with Gasteiger partial charge in [0.15, 0.2) is 11.5 Å². The molecule has 0 radical (unpaired) electrons. The van der Waals surface area contributed by atoms with Crippen LogP contribution in [0.5, 0.6) is 0 Å². The molecular weight excluding hydrogens is 326 g/mol. The van der Waals surface area contributed by atoms with Crippen LogP contribution in [0.1, 0.15) is 28.6 Å². The number of carbonyl (C=O) groups excluding carboxylic acids is 1. The standard InChI is InChI=1S/C16H17N5O2S/c1-24-10-7-12(14-20-19-13-6-2-3-9-21(13)14)18-16(23)11-5-4-8-17-15(11)22/h2-6,8-9,12H,7,10H2,1H3,(H,17,22)(H,18,23). The Kier molecular flexibility index (Phi) is 4.95. The molecule has 8 heteroatoms. The predicted molar refractivity (Wildman–Crippen MR) is 93.3 cm³/mol. The van der Waals surface area contributed by atoms with Gasteiger partial charge in [-0.2, -0.15) is 11.8 Å². The Morgan fingerprint density at radius 1 is 1.33 bits per heavy atom. The van der Waals surface area contributed by atoms with Gasteiger partial charge in [0.05, 0.1) is 6.04 Å². The number of carbonyl (C=O) groups is 1. The summed E-state index contributed by atoms with van der Waals surface area (Å²) in [6.45, 7) is 0. The van der Waals surface area contributed by atoms with E-state index in [2.05, 4.69) is 20.5 Å². The van der Waals surface area contributed by atoms with Crippen LogP contribution in [0.3, 0.4) is 0 Å². The molecule has 3 rings (SSSR count). The maximum absolute atomic E-state index is 12.5. The number of aromatic nitrogens is 4. The third kappa shape index (κ3) is 3.33. The molecule has 0 bridgehead atoms. The summed E-state index contributed by atoms with van der Waals surface area (Å²) in [5.41, 5.74) is 0.388. The van der Waals surface area contributed by atoms with Gasteiger partial charge in [-0.25, -0.2) is 0 Å². The summed E-state index contributed by atoms with van der Waals surface area (Å²) >= 11 is 1.68. The number of aromatic amines is 1. The van der Waals surface area contributed by atoms with E-state index in [0.29, 0.717) is 17.9 Å². The van der Waals surface area contributed by atoms with Gasteiger partial charge >= 0.3 is 0 Å². The van der Waals surface area contributed by atoms with E-state index in [4.69, 9.17) is 0 Å². The van der Waals surface area contributed by atoms with Crippen molar-refractivity contribution in [2.75, 3.05) is 12.0 Å². The number of nitrogens with zero attached hydrogens (tertiary/aromatic N) is 3. The van der Waals surface area contributed by atoms with Crippen molar-refractivity contribution in [2.24, 2.45) is 0 Å². The van der Waals surface area contributed by atoms with Crippen molar-refractivity contribution in [2.45, 2.75) is 12.5 Å². The molecule has 1 unspecified atom stereocenters. The van der Waals surface area contributed by atoms with Gasteiger partial charge in [-0.1, -0.05) is 6.07 Å². The van der Waals surface area contributed by atoms with Crippen molar-refractivity contribution in [1.29, 1.82) is 0 Å². The average Bonchev–Trinajstić information content (AvgIpc) is 3.03. The lowest BCUT2D eigenvalue weighted by Crippen LogP contribution is -2.33. The zero-order valence-corrected chi connectivity index (χ0v) is 13.9. The monoisotopic (exact) mass is 343 g/mol. The van der Waals surface area contributed by atoms with E-state index in [0.717, 1.165) is 5.75 Å². The lowest BCUT2D eigenvalue weighted by Gasteiger charge is -2.16. The van der Waals surface area contributed by atoms with Crippen LogP contribution < -0.4 is 10.9 Å². The van der Waals surface area contributed by atoms with E-state index in [-0.39, 0.29) is 11.6 Å². The molecule has 0 fully saturated rings. The molecule has 0 aliphatic rings. The molecule has 0 saturated carbocycles. The number of pyridine rings is 2. The Hall–Kier alpha value is -2.61. The van der Waals surface area contributed by atoms with E-state index < -0.39 is 11.5 Å². The molecule has 0 aliphatic carbocycles. The van der Waals surface area contributed by atoms with Gasteiger partial charge in [-0.05, 0) is 42.7 Å². The zero-order chi connectivity index (χ0) is 16.9. The normalized spacial score (nSPS) is 12.2. The van der Waals surface area contributed by atoms with Crippen molar-refractivity contribution < 1.29 is 4.79 Å². The first-order chi connectivity index (χ1) is 11.7. The highest BCUT2D eigenvalue weighted by atomic mass is 32.2. The molecule has 124 valence electrons. The van der Waals surface area contributed by atoms with Gasteiger partial charge in [-0.15, -0.1) is 10.2 Å². The maximum Gasteiger partial charge on any atom is 0.260 e. The average molecular weight is 343 g/mol. The van der Waals surface area contributed by atoms with Crippen LogP contribution in [0.25, 0.3) is 5.65 Å². The summed E-state index contributed by atoms with van der Waals surface area (Å²) in [7, 11) is 0. The quantitative estimate of drug-likeness (QED) is 0.710. The lowest BCUT2D eigenvalue weighted by molar-refractivity contribution is 0.0932. The third-order valence-electron chi connectivity index (χ3n) is 3.63. The van der Waals surface area contributed by atoms with Crippen LogP contribution in [0.15, 0.2) is 47.5 Å². The van der Waals surface area contributed by atoms with Crippen molar-refractivity contribution in [3.8, 4) is 0 Å². The second-order valence-corrected chi connectivity index (χ2v) is 6.19. The third-order valence-corrected chi connectivity index (χ3v) is 4.27. The molecule has 7 nitrogen and oxygen atoms in total. The van der Waals surface area contributed by atoms with Crippen LogP contribution in [-0.2, 0) is 0 Å². The number of H-pyrrole nitrogens is 1. The summed E-state index contributed by atoms with van der Waals surface area (Å²) in [5.74, 6) is 1.08. The largest absolute Gasteiger partial charge is 0.342 e. The topological polar surface area (TPSA) is 92.1 Å². The minimum atomic E-state index is -0.421. The summed E-state index contributed by atoms with van der Waals surface area (Å²) in [6.07, 6.45) is 6.05. The fourth-order valence-corrected chi connectivity index (χ4v) is 2.91. The highest BCUT2D eigenvalue weighted by Crippen LogP contribution is 2.18. The molecule has 0 aliphatic heterocycles. The molecular formula is C16H17N5O2S. The number of thioether (sulfide) groups is 1. The van der Waals surface area contributed by atoms with Gasteiger partial charge in [0.25, 0.3) is 11.5 Å². The number of hydrogen-bond donors (Lipinski definition) is 2. The molecule has 2 N–H and O–H groups in total. The molecule has 3 heterocycles. The fourth-order valence-electron chi connectivity index (χ4n) is 2.44. The second-order valence-electron chi connectivity index (χ2n) is 5.21. The van der Waals surface area contributed by atoms with Gasteiger partial charge in [0, 0.05) is 12.4 Å². The van der Waals surface area contributed by atoms with Crippen molar-refractivity contribution in [3.05, 3.63) is 64.5 Å². The molecule has 3 aromatic rings. The summed E-state index contributed by atoms with van der Waals surface area (Å²) in [4.78, 5) is 26.8. The van der Waals surface area contributed by atoms with Crippen LogP contribution in [-0.4, -0.2) is 37.5 Å². The first kappa shape index (κ1) is 16.3. The SMILES string of the molecule is CSCCC(NC(=O)c1ccc[nH]c1=O)c1nnc2ccccn12. The molecule has 0 aromatic carbocycles. The number of hydrogen-bond acceptors (Lipinski definition) is 5. The lowest BCUT2D eigenvalue weighted by atomic mass is 10.2. The van der Waals surface area contributed by atoms with Crippen molar-refractivity contribution in [1.82, 2.24) is 24.9 Å². The van der Waals surface area contributed by atoms with Crippen LogP contribution in [0, 0.1) is 0 Å². The second kappa shape index (κ2) is 7.31. The van der Waals surface area contributed by atoms with Crippen LogP contribution >= 0.6 is 11.8 Å². The minimum absolute atomic E-state index is 0.0838. The van der Waals surface area contributed by atoms with E-state index >= 15 is 0 Å². The van der Waals surface area contributed by atoms with Gasteiger partial charge in [0.1, 0.15) is 5.56 Å². The number of nitrogens with one attached hydrogen (secondary N) is 2. The Morgan fingerprint density at radius 2 is 2.21 bits per heavy atom. The molecule has 24 heavy (non-hydrogen) atoms. The van der Waals surface area contributed by atoms with Gasteiger partial charge in [-0.3, -0.25) is 14.0 Å². The molecule has 0 spiro atoms. The highest BCUT2D eigenvalue weighted by Gasteiger charge is 2.21. The summed E-state index contributed by atoms with van der Waals surface area (Å²) < 4.78 is 1.85. The van der Waals surface area contributed by atoms with Gasteiger partial charge < -0.3 is 10.3 Å². The zero-order valence-electron chi connectivity index (χ0n) is 13.1. The smallest absolute Gasteiger partial charge is 0.260 e. The summed E-state index contributed by atoms with van der Waals surface area (Å²) in [6, 6.07) is 8.41. The number of rotatable bonds is 6. The minimum Gasteiger partial charge on any atom is -0.342 e. The Labute approximate surface area is 142 Å².